The number of aromatic hydroxyl groups is 1. The Labute approximate surface area is 170 Å². The largest absolute Gasteiger partial charge is 0.573 e. The van der Waals surface area contributed by atoms with Gasteiger partial charge in [-0.25, -0.2) is 0 Å². The number of benzene rings is 2. The number of methoxy groups -OCH3 is 1. The molecule has 0 saturated carbocycles. The normalized spacial score (nSPS) is 10.9. The quantitative estimate of drug-likeness (QED) is 0.598. The summed E-state index contributed by atoms with van der Waals surface area (Å²) in [5, 5.41) is 12.1. The van der Waals surface area contributed by atoms with Gasteiger partial charge in [0.1, 0.15) is 5.75 Å². The molecule has 2 aromatic carbocycles. The first kappa shape index (κ1) is 22.9. The van der Waals surface area contributed by atoms with Gasteiger partial charge in [-0.15, -0.1) is 13.2 Å². The number of rotatable bonds is 9. The van der Waals surface area contributed by atoms with Crippen LogP contribution in [0.1, 0.15) is 17.5 Å². The minimum absolute atomic E-state index is 0.0265. The van der Waals surface area contributed by atoms with Crippen molar-refractivity contribution in [2.45, 2.75) is 25.7 Å². The van der Waals surface area contributed by atoms with Crippen LogP contribution in [-0.4, -0.2) is 37.1 Å². The van der Waals surface area contributed by atoms with Gasteiger partial charge in [0, 0.05) is 18.5 Å². The summed E-state index contributed by atoms with van der Waals surface area (Å²) in [6, 6.07) is 10.1. The summed E-state index contributed by atoms with van der Waals surface area (Å²) in [5.41, 5.74) is 0.796. The van der Waals surface area contributed by atoms with E-state index in [-0.39, 0.29) is 30.7 Å². The maximum Gasteiger partial charge on any atom is 0.573 e. The predicted octanol–water partition coefficient (Wildman–Crippen LogP) is 3.09. The number of hydrogen-bond donors (Lipinski definition) is 2. The van der Waals surface area contributed by atoms with Crippen molar-refractivity contribution in [1.29, 1.82) is 0 Å². The summed E-state index contributed by atoms with van der Waals surface area (Å²) in [6.07, 6.45) is -4.60. The molecule has 0 aliphatic heterocycles. The highest BCUT2D eigenvalue weighted by molar-refractivity contribution is 5.80. The van der Waals surface area contributed by atoms with E-state index in [1.54, 1.807) is 12.1 Å². The molecule has 7 nitrogen and oxygen atoms in total. The number of aryl methyl sites for hydroxylation is 1. The zero-order valence-corrected chi connectivity index (χ0v) is 16.0. The molecule has 0 bridgehead atoms. The van der Waals surface area contributed by atoms with Gasteiger partial charge in [0.05, 0.1) is 7.11 Å². The minimum Gasteiger partial charge on any atom is -0.504 e. The molecule has 2 rings (SSSR count). The topological polar surface area (TPSA) is 94.1 Å². The zero-order chi connectivity index (χ0) is 22.1. The number of phenols is 1. The molecular weight excluding hydrogens is 407 g/mol. The maximum atomic E-state index is 12.4. The van der Waals surface area contributed by atoms with Gasteiger partial charge in [-0.05, 0) is 30.2 Å². The second-order valence-electron chi connectivity index (χ2n) is 6.10. The van der Waals surface area contributed by atoms with Gasteiger partial charge in [-0.3, -0.25) is 9.59 Å². The SMILES string of the molecule is COc1ccc(CCC(=O)OCC(=O)NCc2ccccc2OC(F)(F)F)cc1O. The fraction of sp³-hybridized carbons (Fsp3) is 0.300. The standard InChI is InChI=1S/C20H20F3NO6/c1-28-17-8-6-13(10-15(17)25)7-9-19(27)29-12-18(26)24-11-14-4-2-3-5-16(14)30-20(21,22)23/h2-6,8,10,25H,7,9,11-12H2,1H3,(H,24,26). The molecule has 0 fully saturated rings. The lowest BCUT2D eigenvalue weighted by Crippen LogP contribution is -2.29. The third-order valence-corrected chi connectivity index (χ3v) is 3.90. The second-order valence-corrected chi connectivity index (χ2v) is 6.10. The van der Waals surface area contributed by atoms with E-state index in [0.717, 1.165) is 6.07 Å². The number of phenolic OH excluding ortho intramolecular Hbond substituents is 1. The summed E-state index contributed by atoms with van der Waals surface area (Å²) in [4.78, 5) is 23.6. The highest BCUT2D eigenvalue weighted by atomic mass is 19.4. The number of alkyl halides is 3. The smallest absolute Gasteiger partial charge is 0.504 e. The summed E-state index contributed by atoms with van der Waals surface area (Å²) >= 11 is 0. The van der Waals surface area contributed by atoms with Crippen LogP contribution in [-0.2, 0) is 27.3 Å². The van der Waals surface area contributed by atoms with Crippen molar-refractivity contribution in [2.24, 2.45) is 0 Å². The van der Waals surface area contributed by atoms with Crippen LogP contribution in [0, 0.1) is 0 Å². The Bertz CT molecular complexity index is 885. The Kier molecular flexibility index (Phi) is 7.90. The first-order chi connectivity index (χ1) is 14.2. The molecule has 0 atom stereocenters. The lowest BCUT2D eigenvalue weighted by atomic mass is 10.1. The Morgan fingerprint density at radius 3 is 2.50 bits per heavy atom. The van der Waals surface area contributed by atoms with E-state index in [0.29, 0.717) is 11.3 Å². The van der Waals surface area contributed by atoms with Crippen LogP contribution in [0.15, 0.2) is 42.5 Å². The summed E-state index contributed by atoms with van der Waals surface area (Å²) in [6.45, 7) is -0.803. The van der Waals surface area contributed by atoms with E-state index in [1.165, 1.54) is 31.4 Å². The van der Waals surface area contributed by atoms with Gasteiger partial charge in [0.15, 0.2) is 18.1 Å². The van der Waals surface area contributed by atoms with E-state index in [1.807, 2.05) is 0 Å². The fourth-order valence-corrected chi connectivity index (χ4v) is 2.47. The van der Waals surface area contributed by atoms with E-state index < -0.39 is 30.6 Å². The van der Waals surface area contributed by atoms with Crippen LogP contribution in [0.5, 0.6) is 17.2 Å². The molecule has 2 N–H and O–H groups in total. The van der Waals surface area contributed by atoms with Crippen LogP contribution in [0.3, 0.4) is 0 Å². The number of nitrogens with one attached hydrogen (secondary N) is 1. The third-order valence-electron chi connectivity index (χ3n) is 3.90. The molecule has 0 aliphatic rings. The number of esters is 1. The third kappa shape index (κ3) is 7.53. The number of ether oxygens (including phenoxy) is 3. The molecule has 30 heavy (non-hydrogen) atoms. The predicted molar refractivity (Wildman–Crippen MR) is 98.9 cm³/mol. The molecule has 0 unspecified atom stereocenters. The first-order valence-electron chi connectivity index (χ1n) is 8.80. The lowest BCUT2D eigenvalue weighted by molar-refractivity contribution is -0.274. The van der Waals surface area contributed by atoms with Crippen LogP contribution in [0.4, 0.5) is 13.2 Å². The highest BCUT2D eigenvalue weighted by Gasteiger charge is 2.32. The van der Waals surface area contributed by atoms with E-state index in [4.69, 9.17) is 9.47 Å². The monoisotopic (exact) mass is 427 g/mol. The fourth-order valence-electron chi connectivity index (χ4n) is 2.47. The molecule has 0 aromatic heterocycles. The average molecular weight is 427 g/mol. The molecule has 1 amide bonds. The molecule has 10 heteroatoms. The molecule has 2 aromatic rings. The van der Waals surface area contributed by atoms with Gasteiger partial charge in [0.25, 0.3) is 5.91 Å². The van der Waals surface area contributed by atoms with Crippen molar-refractivity contribution >= 4 is 11.9 Å². The number of amides is 1. The molecular formula is C20H20F3NO6. The molecule has 162 valence electrons. The number of carbonyl (C=O) groups is 2. The van der Waals surface area contributed by atoms with Gasteiger partial charge in [0.2, 0.25) is 0 Å². The van der Waals surface area contributed by atoms with Gasteiger partial charge >= 0.3 is 12.3 Å². The second kappa shape index (κ2) is 10.4. The van der Waals surface area contributed by atoms with Gasteiger partial charge < -0.3 is 24.6 Å². The lowest BCUT2D eigenvalue weighted by Gasteiger charge is -2.13. The number of halogens is 3. The molecule has 0 heterocycles. The average Bonchev–Trinajstić information content (AvgIpc) is 2.69. The Hall–Kier alpha value is -3.43. The first-order valence-corrected chi connectivity index (χ1v) is 8.80. The van der Waals surface area contributed by atoms with Crippen LogP contribution < -0.4 is 14.8 Å². The summed E-state index contributed by atoms with van der Waals surface area (Å²) < 4.78 is 50.9. The number of para-hydroxylation sites is 1. The summed E-state index contributed by atoms with van der Waals surface area (Å²) in [7, 11) is 1.42. The van der Waals surface area contributed by atoms with Crippen molar-refractivity contribution in [3.05, 3.63) is 53.6 Å². The molecule has 0 aliphatic carbocycles. The van der Waals surface area contributed by atoms with Crippen molar-refractivity contribution in [3.63, 3.8) is 0 Å². The Morgan fingerprint density at radius 1 is 1.10 bits per heavy atom. The van der Waals surface area contributed by atoms with Crippen molar-refractivity contribution < 1.29 is 42.1 Å². The van der Waals surface area contributed by atoms with Crippen LogP contribution in [0.2, 0.25) is 0 Å². The maximum absolute atomic E-state index is 12.4. The Morgan fingerprint density at radius 2 is 1.83 bits per heavy atom. The zero-order valence-electron chi connectivity index (χ0n) is 16.0. The van der Waals surface area contributed by atoms with Crippen molar-refractivity contribution in [3.8, 4) is 17.2 Å². The van der Waals surface area contributed by atoms with Gasteiger partial charge in [-0.2, -0.15) is 0 Å². The number of hydrogen-bond acceptors (Lipinski definition) is 6. The molecule has 0 radical (unpaired) electrons. The van der Waals surface area contributed by atoms with Crippen LogP contribution >= 0.6 is 0 Å². The van der Waals surface area contributed by atoms with Crippen molar-refractivity contribution in [1.82, 2.24) is 5.32 Å². The summed E-state index contributed by atoms with van der Waals surface area (Å²) in [5.74, 6) is -1.49. The number of carbonyl (C=O) groups excluding carboxylic acids is 2. The molecule has 0 saturated heterocycles. The Balaban J connectivity index is 1.76. The van der Waals surface area contributed by atoms with Crippen LogP contribution in [0.25, 0.3) is 0 Å². The molecule has 0 spiro atoms. The van der Waals surface area contributed by atoms with Crippen molar-refractivity contribution in [2.75, 3.05) is 13.7 Å². The van der Waals surface area contributed by atoms with E-state index in [2.05, 4.69) is 10.1 Å². The van der Waals surface area contributed by atoms with Gasteiger partial charge in [-0.1, -0.05) is 24.3 Å². The van der Waals surface area contributed by atoms with E-state index in [9.17, 15) is 27.9 Å². The minimum atomic E-state index is -4.85. The highest BCUT2D eigenvalue weighted by Crippen LogP contribution is 2.27. The van der Waals surface area contributed by atoms with E-state index >= 15 is 0 Å².